The molecule has 2 aromatic rings. The quantitative estimate of drug-likeness (QED) is 0.678. The smallest absolute Gasteiger partial charge is 0.372 e. The number of fused-ring (bicyclic) bond motifs is 1. The van der Waals surface area contributed by atoms with Crippen molar-refractivity contribution in [2.45, 2.75) is 0 Å². The molecule has 2 aromatic heterocycles. The lowest BCUT2D eigenvalue weighted by Gasteiger charge is -1.92. The van der Waals surface area contributed by atoms with Crippen molar-refractivity contribution < 1.29 is 14.3 Å². The van der Waals surface area contributed by atoms with Gasteiger partial charge in [-0.25, -0.2) is 4.79 Å². The van der Waals surface area contributed by atoms with Gasteiger partial charge in [0.15, 0.2) is 5.43 Å². The van der Waals surface area contributed by atoms with Crippen LogP contribution in [0.15, 0.2) is 27.5 Å². The van der Waals surface area contributed by atoms with Gasteiger partial charge >= 0.3 is 5.97 Å². The van der Waals surface area contributed by atoms with Crippen LogP contribution in [0.25, 0.3) is 11.1 Å². The Morgan fingerprint density at radius 1 is 1.54 bits per heavy atom. The van der Waals surface area contributed by atoms with Crippen LogP contribution in [0.5, 0.6) is 0 Å². The molecule has 0 aliphatic carbocycles. The first-order valence-corrected chi connectivity index (χ1v) is 3.53. The van der Waals surface area contributed by atoms with E-state index in [0.29, 0.717) is 5.39 Å². The number of carboxylic acids is 1. The summed E-state index contributed by atoms with van der Waals surface area (Å²) in [4.78, 5) is 24.3. The third-order valence-electron chi connectivity index (χ3n) is 1.66. The van der Waals surface area contributed by atoms with Gasteiger partial charge < -0.3 is 14.5 Å². The Morgan fingerprint density at radius 3 is 3.00 bits per heavy atom. The summed E-state index contributed by atoms with van der Waals surface area (Å²) in [6.45, 7) is 0. The van der Waals surface area contributed by atoms with Gasteiger partial charge in [-0.3, -0.25) is 4.79 Å². The number of nitrogens with one attached hydrogen (secondary N) is 1. The largest absolute Gasteiger partial charge is 0.475 e. The van der Waals surface area contributed by atoms with Crippen molar-refractivity contribution >= 4 is 17.1 Å². The number of H-pyrrole nitrogens is 1. The lowest BCUT2D eigenvalue weighted by Crippen LogP contribution is -2.05. The standard InChI is InChI=1S/C8H5NO4/c10-5-3-6(8(11)12)13-7-4(5)1-2-9-7/h1-3,9H,(H,11,12). The van der Waals surface area contributed by atoms with Crippen LogP contribution in [0.1, 0.15) is 10.6 Å². The maximum Gasteiger partial charge on any atom is 0.372 e. The molecule has 2 heterocycles. The van der Waals surface area contributed by atoms with E-state index < -0.39 is 5.97 Å². The number of rotatable bonds is 1. The number of aromatic carboxylic acids is 1. The van der Waals surface area contributed by atoms with Crippen LogP contribution in [0.3, 0.4) is 0 Å². The maximum absolute atomic E-state index is 11.2. The summed E-state index contributed by atoms with van der Waals surface area (Å²) in [6.07, 6.45) is 1.52. The van der Waals surface area contributed by atoms with E-state index in [-0.39, 0.29) is 16.9 Å². The normalized spacial score (nSPS) is 10.5. The molecule has 0 aromatic carbocycles. The summed E-state index contributed by atoms with van der Waals surface area (Å²) in [5.74, 6) is -1.62. The molecular formula is C8H5NO4. The van der Waals surface area contributed by atoms with Gasteiger partial charge in [0.2, 0.25) is 11.5 Å². The molecule has 0 aliphatic rings. The summed E-state index contributed by atoms with van der Waals surface area (Å²) in [6, 6.07) is 2.49. The number of aromatic amines is 1. The van der Waals surface area contributed by atoms with Crippen molar-refractivity contribution in [1.82, 2.24) is 4.98 Å². The van der Waals surface area contributed by atoms with E-state index in [1.165, 1.54) is 12.3 Å². The molecule has 0 saturated carbocycles. The summed E-state index contributed by atoms with van der Waals surface area (Å²) in [7, 11) is 0. The summed E-state index contributed by atoms with van der Waals surface area (Å²) >= 11 is 0. The molecule has 0 radical (unpaired) electrons. The first kappa shape index (κ1) is 7.60. The average Bonchev–Trinajstić information content (AvgIpc) is 2.51. The topological polar surface area (TPSA) is 83.3 Å². The van der Waals surface area contributed by atoms with Gasteiger partial charge in [0.25, 0.3) is 0 Å². The lowest BCUT2D eigenvalue weighted by molar-refractivity contribution is 0.0662. The lowest BCUT2D eigenvalue weighted by atomic mass is 10.3. The van der Waals surface area contributed by atoms with Gasteiger partial charge in [-0.1, -0.05) is 0 Å². The summed E-state index contributed by atoms with van der Waals surface area (Å²) < 4.78 is 4.89. The molecule has 0 unspecified atom stereocenters. The second-order valence-corrected chi connectivity index (χ2v) is 2.50. The molecule has 2 N–H and O–H groups in total. The van der Waals surface area contributed by atoms with Crippen molar-refractivity contribution in [2.24, 2.45) is 0 Å². The number of hydrogen-bond donors (Lipinski definition) is 2. The van der Waals surface area contributed by atoms with Crippen LogP contribution in [-0.4, -0.2) is 16.1 Å². The number of aromatic nitrogens is 1. The Morgan fingerprint density at radius 2 is 2.31 bits per heavy atom. The minimum Gasteiger partial charge on any atom is -0.475 e. The third kappa shape index (κ3) is 1.10. The van der Waals surface area contributed by atoms with Crippen molar-refractivity contribution in [3.63, 3.8) is 0 Å². The zero-order chi connectivity index (χ0) is 9.42. The SMILES string of the molecule is O=C(O)c1cc(=O)c2cc[nH]c2o1. The van der Waals surface area contributed by atoms with Crippen LogP contribution in [0.2, 0.25) is 0 Å². The molecule has 2 rings (SSSR count). The van der Waals surface area contributed by atoms with E-state index in [2.05, 4.69) is 4.98 Å². The highest BCUT2D eigenvalue weighted by atomic mass is 16.4. The Bertz CT molecular complexity index is 522. The number of hydrogen-bond acceptors (Lipinski definition) is 3. The fourth-order valence-electron chi connectivity index (χ4n) is 1.07. The molecule has 0 saturated heterocycles. The van der Waals surface area contributed by atoms with E-state index in [1.54, 1.807) is 0 Å². The Hall–Kier alpha value is -2.04. The molecule has 13 heavy (non-hydrogen) atoms. The van der Waals surface area contributed by atoms with E-state index in [0.717, 1.165) is 6.07 Å². The molecule has 5 heteroatoms. The van der Waals surface area contributed by atoms with Crippen molar-refractivity contribution in [3.8, 4) is 0 Å². The Kier molecular flexibility index (Phi) is 1.45. The highest BCUT2D eigenvalue weighted by Crippen LogP contribution is 2.09. The van der Waals surface area contributed by atoms with E-state index in [9.17, 15) is 9.59 Å². The first-order chi connectivity index (χ1) is 6.18. The zero-order valence-corrected chi connectivity index (χ0v) is 6.40. The predicted octanol–water partition coefficient (Wildman–Crippen LogP) is 0.819. The van der Waals surface area contributed by atoms with E-state index in [1.807, 2.05) is 0 Å². The fourth-order valence-corrected chi connectivity index (χ4v) is 1.07. The molecule has 0 aliphatic heterocycles. The van der Waals surface area contributed by atoms with Crippen LogP contribution in [0.4, 0.5) is 0 Å². The zero-order valence-electron chi connectivity index (χ0n) is 6.40. The van der Waals surface area contributed by atoms with Gasteiger partial charge in [-0.15, -0.1) is 0 Å². The Balaban J connectivity index is 2.85. The number of carbonyl (C=O) groups is 1. The second-order valence-electron chi connectivity index (χ2n) is 2.50. The van der Waals surface area contributed by atoms with Gasteiger partial charge in [0, 0.05) is 12.3 Å². The van der Waals surface area contributed by atoms with Gasteiger partial charge in [0.1, 0.15) is 0 Å². The van der Waals surface area contributed by atoms with E-state index in [4.69, 9.17) is 9.52 Å². The van der Waals surface area contributed by atoms with E-state index >= 15 is 0 Å². The minimum absolute atomic E-state index is 0.185. The highest BCUT2D eigenvalue weighted by Gasteiger charge is 2.10. The molecule has 5 nitrogen and oxygen atoms in total. The highest BCUT2D eigenvalue weighted by molar-refractivity contribution is 5.86. The predicted molar refractivity (Wildman–Crippen MR) is 43.8 cm³/mol. The molecule has 0 atom stereocenters. The van der Waals surface area contributed by atoms with Crippen molar-refractivity contribution in [3.05, 3.63) is 34.3 Å². The van der Waals surface area contributed by atoms with Crippen LogP contribution in [-0.2, 0) is 0 Å². The van der Waals surface area contributed by atoms with Crippen molar-refractivity contribution in [1.29, 1.82) is 0 Å². The molecule has 0 amide bonds. The van der Waals surface area contributed by atoms with Crippen LogP contribution < -0.4 is 5.43 Å². The van der Waals surface area contributed by atoms with Gasteiger partial charge in [-0.2, -0.15) is 0 Å². The Labute approximate surface area is 71.6 Å². The summed E-state index contributed by atoms with van der Waals surface area (Å²) in [5, 5.41) is 8.91. The number of carboxylic acid groups (broad SMARTS) is 1. The minimum atomic E-state index is -1.26. The molecule has 0 bridgehead atoms. The second kappa shape index (κ2) is 2.48. The molecule has 66 valence electrons. The molecule has 0 spiro atoms. The first-order valence-electron chi connectivity index (χ1n) is 3.53. The van der Waals surface area contributed by atoms with Gasteiger partial charge in [0.05, 0.1) is 5.39 Å². The monoisotopic (exact) mass is 179 g/mol. The van der Waals surface area contributed by atoms with Gasteiger partial charge in [-0.05, 0) is 6.07 Å². The fraction of sp³-hybridized carbons (Fsp3) is 0. The molecular weight excluding hydrogens is 174 g/mol. The van der Waals surface area contributed by atoms with Crippen molar-refractivity contribution in [2.75, 3.05) is 0 Å². The van der Waals surface area contributed by atoms with Crippen LogP contribution in [0, 0.1) is 0 Å². The summed E-state index contributed by atoms with van der Waals surface area (Å²) in [5.41, 5.74) is -0.176. The van der Waals surface area contributed by atoms with Crippen LogP contribution >= 0.6 is 0 Å². The third-order valence-corrected chi connectivity index (χ3v) is 1.66. The maximum atomic E-state index is 11.2. The molecule has 0 fully saturated rings. The average molecular weight is 179 g/mol.